The van der Waals surface area contributed by atoms with Gasteiger partial charge in [0, 0.05) is 25.2 Å². The number of carbonyl (C=O) groups excluding carboxylic acids is 2. The van der Waals surface area contributed by atoms with Gasteiger partial charge in [0.05, 0.1) is 16.1 Å². The number of hydrogen-bond acceptors (Lipinski definition) is 4. The molecule has 2 N–H and O–H groups in total. The molecule has 8 heteroatoms. The topological polar surface area (TPSA) is 95.6 Å². The molecule has 2 amide bonds. The summed E-state index contributed by atoms with van der Waals surface area (Å²) in [5, 5.41) is 5.40. The summed E-state index contributed by atoms with van der Waals surface area (Å²) in [5.41, 5.74) is 0.859. The third-order valence-electron chi connectivity index (χ3n) is 5.13. The molecule has 0 aliphatic carbocycles. The number of nitrogens with one attached hydrogen (secondary N) is 2. The first kappa shape index (κ1) is 22.7. The lowest BCUT2D eigenvalue weighted by Crippen LogP contribution is -2.32. The summed E-state index contributed by atoms with van der Waals surface area (Å²) in [7, 11) is -3.67. The highest BCUT2D eigenvalue weighted by atomic mass is 32.2. The van der Waals surface area contributed by atoms with E-state index in [4.69, 9.17) is 0 Å². The highest BCUT2D eigenvalue weighted by Gasteiger charge is 2.26. The number of rotatable bonds is 7. The van der Waals surface area contributed by atoms with Crippen molar-refractivity contribution in [1.82, 2.24) is 9.62 Å². The van der Waals surface area contributed by atoms with Gasteiger partial charge in [-0.1, -0.05) is 37.1 Å². The molecule has 2 aromatic carbocycles. The van der Waals surface area contributed by atoms with Crippen LogP contribution in [0.15, 0.2) is 66.1 Å². The van der Waals surface area contributed by atoms with Gasteiger partial charge in [0.15, 0.2) is 0 Å². The molecule has 164 valence electrons. The summed E-state index contributed by atoms with van der Waals surface area (Å²) in [6.45, 7) is 4.85. The fourth-order valence-corrected chi connectivity index (χ4v) is 5.04. The van der Waals surface area contributed by atoms with E-state index < -0.39 is 15.9 Å². The van der Waals surface area contributed by atoms with Crippen LogP contribution in [0.1, 0.15) is 46.4 Å². The Kier molecular flexibility index (Phi) is 7.59. The minimum absolute atomic E-state index is 0.0964. The highest BCUT2D eigenvalue weighted by molar-refractivity contribution is 7.89. The maximum Gasteiger partial charge on any atom is 0.255 e. The van der Waals surface area contributed by atoms with Gasteiger partial charge < -0.3 is 10.6 Å². The normalized spacial score (nSPS) is 15.0. The standard InChI is InChI=1S/C23H27N3O4S/c1-2-14-24-23(28)20-12-5-6-13-21(20)25-22(27)18-10-9-11-19(17-18)31(29,30)26-15-7-3-4-8-16-26/h2,5-6,9-13,17H,1,3-4,7-8,14-16H2,(H,24,28)(H,25,27). The van der Waals surface area contributed by atoms with Crippen molar-refractivity contribution in [2.45, 2.75) is 30.6 Å². The zero-order valence-corrected chi connectivity index (χ0v) is 18.2. The molecule has 1 aliphatic heterocycles. The van der Waals surface area contributed by atoms with E-state index in [0.717, 1.165) is 25.7 Å². The van der Waals surface area contributed by atoms with E-state index in [2.05, 4.69) is 17.2 Å². The minimum Gasteiger partial charge on any atom is -0.349 e. The molecule has 7 nitrogen and oxygen atoms in total. The number of hydrogen-bond donors (Lipinski definition) is 2. The van der Waals surface area contributed by atoms with Crippen molar-refractivity contribution in [3.05, 3.63) is 72.3 Å². The van der Waals surface area contributed by atoms with E-state index >= 15 is 0 Å². The summed E-state index contributed by atoms with van der Waals surface area (Å²) >= 11 is 0. The molecule has 0 aromatic heterocycles. The van der Waals surface area contributed by atoms with Gasteiger partial charge in [-0.25, -0.2) is 8.42 Å². The van der Waals surface area contributed by atoms with Crippen LogP contribution >= 0.6 is 0 Å². The monoisotopic (exact) mass is 441 g/mol. The van der Waals surface area contributed by atoms with Crippen molar-refractivity contribution < 1.29 is 18.0 Å². The van der Waals surface area contributed by atoms with Crippen LogP contribution in [0.4, 0.5) is 5.69 Å². The largest absolute Gasteiger partial charge is 0.349 e. The molecular formula is C23H27N3O4S. The first-order valence-electron chi connectivity index (χ1n) is 10.3. The number of nitrogens with zero attached hydrogens (tertiary/aromatic N) is 1. The van der Waals surface area contributed by atoms with Gasteiger partial charge in [-0.05, 0) is 43.2 Å². The van der Waals surface area contributed by atoms with E-state index in [-0.39, 0.29) is 16.4 Å². The Labute approximate surface area is 183 Å². The second-order valence-electron chi connectivity index (χ2n) is 7.34. The van der Waals surface area contributed by atoms with Crippen LogP contribution in [0.2, 0.25) is 0 Å². The van der Waals surface area contributed by atoms with E-state index in [9.17, 15) is 18.0 Å². The third kappa shape index (κ3) is 5.59. The Bertz CT molecular complexity index is 1060. The molecule has 0 spiro atoms. The van der Waals surface area contributed by atoms with E-state index in [1.807, 2.05) is 0 Å². The van der Waals surface area contributed by atoms with Crippen molar-refractivity contribution in [1.29, 1.82) is 0 Å². The molecule has 0 unspecified atom stereocenters. The van der Waals surface area contributed by atoms with Crippen LogP contribution in [-0.4, -0.2) is 44.2 Å². The van der Waals surface area contributed by atoms with Crippen LogP contribution < -0.4 is 10.6 Å². The van der Waals surface area contributed by atoms with Crippen LogP contribution in [0.25, 0.3) is 0 Å². The second-order valence-corrected chi connectivity index (χ2v) is 9.28. The quantitative estimate of drug-likeness (QED) is 0.644. The third-order valence-corrected chi connectivity index (χ3v) is 7.02. The fourth-order valence-electron chi connectivity index (χ4n) is 3.47. The van der Waals surface area contributed by atoms with Crippen molar-refractivity contribution in [2.75, 3.05) is 25.0 Å². The lowest BCUT2D eigenvalue weighted by Gasteiger charge is -2.20. The number of anilines is 1. The van der Waals surface area contributed by atoms with Crippen molar-refractivity contribution in [3.8, 4) is 0 Å². The summed E-state index contributed by atoms with van der Waals surface area (Å²) < 4.78 is 27.6. The number of amides is 2. The Hall–Kier alpha value is -2.97. The molecule has 3 rings (SSSR count). The molecule has 2 aromatic rings. The summed E-state index contributed by atoms with van der Waals surface area (Å²) in [6, 6.07) is 12.6. The minimum atomic E-state index is -3.67. The predicted molar refractivity (Wildman–Crippen MR) is 121 cm³/mol. The number of sulfonamides is 1. The smallest absolute Gasteiger partial charge is 0.255 e. The molecule has 0 bridgehead atoms. The van der Waals surface area contributed by atoms with Crippen LogP contribution in [0, 0.1) is 0 Å². The molecule has 0 saturated carbocycles. The van der Waals surface area contributed by atoms with Gasteiger partial charge in [-0.3, -0.25) is 9.59 Å². The highest BCUT2D eigenvalue weighted by Crippen LogP contribution is 2.22. The second kappa shape index (κ2) is 10.4. The van der Waals surface area contributed by atoms with E-state index in [1.165, 1.54) is 16.4 Å². The lowest BCUT2D eigenvalue weighted by atomic mass is 10.1. The Balaban J connectivity index is 1.81. The molecule has 0 atom stereocenters. The molecule has 1 heterocycles. The van der Waals surface area contributed by atoms with Crippen LogP contribution in [0.3, 0.4) is 0 Å². The molecule has 1 saturated heterocycles. The van der Waals surface area contributed by atoms with Gasteiger partial charge in [0.1, 0.15) is 0 Å². The number of carbonyl (C=O) groups is 2. The maximum absolute atomic E-state index is 13.1. The van der Waals surface area contributed by atoms with Gasteiger partial charge >= 0.3 is 0 Å². The number of benzene rings is 2. The summed E-state index contributed by atoms with van der Waals surface area (Å²) in [4.78, 5) is 25.3. The zero-order valence-electron chi connectivity index (χ0n) is 17.3. The van der Waals surface area contributed by atoms with Gasteiger partial charge in [-0.15, -0.1) is 6.58 Å². The van der Waals surface area contributed by atoms with Gasteiger partial charge in [0.2, 0.25) is 10.0 Å². The Morgan fingerprint density at radius 2 is 1.68 bits per heavy atom. The molecule has 1 fully saturated rings. The zero-order chi connectivity index (χ0) is 22.3. The number of para-hydroxylation sites is 1. The maximum atomic E-state index is 13.1. The van der Waals surface area contributed by atoms with Crippen molar-refractivity contribution in [3.63, 3.8) is 0 Å². The van der Waals surface area contributed by atoms with Crippen molar-refractivity contribution >= 4 is 27.5 Å². The molecule has 31 heavy (non-hydrogen) atoms. The van der Waals surface area contributed by atoms with E-state index in [1.54, 1.807) is 42.5 Å². The lowest BCUT2D eigenvalue weighted by molar-refractivity contribution is 0.0959. The molecule has 0 radical (unpaired) electrons. The van der Waals surface area contributed by atoms with Gasteiger partial charge in [0.25, 0.3) is 11.8 Å². The summed E-state index contributed by atoms with van der Waals surface area (Å²) in [5.74, 6) is -0.829. The first-order chi connectivity index (χ1) is 14.9. The Morgan fingerprint density at radius 1 is 0.968 bits per heavy atom. The average Bonchev–Trinajstić information content (AvgIpc) is 3.08. The van der Waals surface area contributed by atoms with Crippen molar-refractivity contribution in [2.24, 2.45) is 0 Å². The average molecular weight is 442 g/mol. The SMILES string of the molecule is C=CCNC(=O)c1ccccc1NC(=O)c1cccc(S(=O)(=O)N2CCCCCC2)c1. The van der Waals surface area contributed by atoms with E-state index in [0.29, 0.717) is 30.9 Å². The van der Waals surface area contributed by atoms with Crippen LogP contribution in [0.5, 0.6) is 0 Å². The molecule has 1 aliphatic rings. The molecular weight excluding hydrogens is 414 g/mol. The predicted octanol–water partition coefficient (Wildman–Crippen LogP) is 3.42. The first-order valence-corrected chi connectivity index (χ1v) is 11.8. The summed E-state index contributed by atoms with van der Waals surface area (Å²) in [6.07, 6.45) is 5.28. The van der Waals surface area contributed by atoms with Gasteiger partial charge in [-0.2, -0.15) is 4.31 Å². The Morgan fingerprint density at radius 3 is 2.39 bits per heavy atom. The fraction of sp³-hybridized carbons (Fsp3) is 0.304. The van der Waals surface area contributed by atoms with Crippen LogP contribution in [-0.2, 0) is 10.0 Å².